The first-order valence-electron chi connectivity index (χ1n) is 6.30. The molecule has 0 amide bonds. The Morgan fingerprint density at radius 1 is 1.11 bits per heavy atom. The van der Waals surface area contributed by atoms with Crippen molar-refractivity contribution in [1.29, 1.82) is 0 Å². The van der Waals surface area contributed by atoms with E-state index in [0.29, 0.717) is 0 Å². The zero-order valence-corrected chi connectivity index (χ0v) is 10.5. The summed E-state index contributed by atoms with van der Waals surface area (Å²) in [6.07, 6.45) is -0.638. The molecule has 0 aliphatic heterocycles. The molecule has 0 aliphatic carbocycles. The van der Waals surface area contributed by atoms with Gasteiger partial charge in [-0.05, 0) is 18.2 Å². The highest BCUT2D eigenvalue weighted by Gasteiger charge is 2.10. The van der Waals surface area contributed by atoms with Gasteiger partial charge in [0.05, 0.1) is 5.52 Å². The SMILES string of the molecule is NC[C@@H](O)COc1cccc2[nH]c3ccccc3c12. The first-order valence-corrected chi connectivity index (χ1v) is 6.30. The van der Waals surface area contributed by atoms with Gasteiger partial charge in [0.25, 0.3) is 0 Å². The van der Waals surface area contributed by atoms with Crippen LogP contribution in [0.1, 0.15) is 0 Å². The van der Waals surface area contributed by atoms with Crippen LogP contribution in [-0.2, 0) is 0 Å². The molecule has 3 rings (SSSR count). The van der Waals surface area contributed by atoms with Crippen LogP contribution >= 0.6 is 0 Å². The third-order valence-corrected chi connectivity index (χ3v) is 3.20. The van der Waals surface area contributed by atoms with Crippen molar-refractivity contribution < 1.29 is 9.84 Å². The third kappa shape index (κ3) is 2.16. The first kappa shape index (κ1) is 12.0. The van der Waals surface area contributed by atoms with Gasteiger partial charge in [0.1, 0.15) is 18.5 Å². The second-order valence-corrected chi connectivity index (χ2v) is 4.55. The fourth-order valence-electron chi connectivity index (χ4n) is 2.24. The van der Waals surface area contributed by atoms with Crippen LogP contribution < -0.4 is 10.5 Å². The average molecular weight is 256 g/mol. The molecule has 98 valence electrons. The summed E-state index contributed by atoms with van der Waals surface area (Å²) < 4.78 is 5.69. The molecule has 0 fully saturated rings. The highest BCUT2D eigenvalue weighted by molar-refractivity contribution is 6.10. The summed E-state index contributed by atoms with van der Waals surface area (Å²) in [5, 5.41) is 11.7. The second kappa shape index (κ2) is 4.91. The van der Waals surface area contributed by atoms with Crippen LogP contribution in [0.5, 0.6) is 5.75 Å². The summed E-state index contributed by atoms with van der Waals surface area (Å²) in [5.41, 5.74) is 7.49. The van der Waals surface area contributed by atoms with Gasteiger partial charge in [-0.3, -0.25) is 0 Å². The number of rotatable bonds is 4. The molecule has 4 nitrogen and oxygen atoms in total. The Bertz CT molecular complexity index is 706. The lowest BCUT2D eigenvalue weighted by molar-refractivity contribution is 0.115. The van der Waals surface area contributed by atoms with E-state index >= 15 is 0 Å². The number of H-pyrrole nitrogens is 1. The zero-order valence-electron chi connectivity index (χ0n) is 10.5. The summed E-state index contributed by atoms with van der Waals surface area (Å²) in [6.45, 7) is 0.402. The number of fused-ring (bicyclic) bond motifs is 3. The molecule has 2 aromatic carbocycles. The van der Waals surface area contributed by atoms with Crippen molar-refractivity contribution in [1.82, 2.24) is 4.98 Å². The van der Waals surface area contributed by atoms with Crippen LogP contribution in [0.15, 0.2) is 42.5 Å². The number of nitrogens with two attached hydrogens (primary N) is 1. The number of aliphatic hydroxyl groups excluding tert-OH is 1. The van der Waals surface area contributed by atoms with E-state index in [1.165, 1.54) is 0 Å². The summed E-state index contributed by atoms with van der Waals surface area (Å²) in [5.74, 6) is 0.766. The van der Waals surface area contributed by atoms with Crippen molar-refractivity contribution in [2.75, 3.05) is 13.2 Å². The molecule has 0 aliphatic rings. The Morgan fingerprint density at radius 2 is 1.89 bits per heavy atom. The van der Waals surface area contributed by atoms with Crippen LogP contribution in [-0.4, -0.2) is 29.3 Å². The minimum atomic E-state index is -0.638. The molecular formula is C15H16N2O2. The maximum absolute atomic E-state index is 9.50. The van der Waals surface area contributed by atoms with E-state index in [2.05, 4.69) is 11.1 Å². The molecule has 0 bridgehead atoms. The number of nitrogens with one attached hydrogen (secondary N) is 1. The van der Waals surface area contributed by atoms with Gasteiger partial charge in [0.2, 0.25) is 0 Å². The van der Waals surface area contributed by atoms with E-state index in [1.807, 2.05) is 36.4 Å². The van der Waals surface area contributed by atoms with Crippen LogP contribution in [0.4, 0.5) is 0 Å². The van der Waals surface area contributed by atoms with Crippen molar-refractivity contribution in [3.05, 3.63) is 42.5 Å². The third-order valence-electron chi connectivity index (χ3n) is 3.20. The molecular weight excluding hydrogens is 240 g/mol. The van der Waals surface area contributed by atoms with Crippen LogP contribution in [0.3, 0.4) is 0 Å². The van der Waals surface area contributed by atoms with E-state index in [4.69, 9.17) is 10.5 Å². The summed E-state index contributed by atoms with van der Waals surface area (Å²) in [4.78, 5) is 3.35. The maximum atomic E-state index is 9.50. The molecule has 3 aromatic rings. The first-order chi connectivity index (χ1) is 9.29. The number of ether oxygens (including phenoxy) is 1. The minimum absolute atomic E-state index is 0.198. The fraction of sp³-hybridized carbons (Fsp3) is 0.200. The number of aromatic amines is 1. The van der Waals surface area contributed by atoms with Gasteiger partial charge >= 0.3 is 0 Å². The highest BCUT2D eigenvalue weighted by Crippen LogP contribution is 2.32. The Morgan fingerprint density at radius 3 is 2.74 bits per heavy atom. The van der Waals surface area contributed by atoms with E-state index in [-0.39, 0.29) is 13.2 Å². The van der Waals surface area contributed by atoms with Crippen molar-refractivity contribution in [3.63, 3.8) is 0 Å². The number of hydrogen-bond donors (Lipinski definition) is 3. The molecule has 4 heteroatoms. The molecule has 0 radical (unpaired) electrons. The van der Waals surface area contributed by atoms with Crippen LogP contribution in [0.25, 0.3) is 21.8 Å². The van der Waals surface area contributed by atoms with Gasteiger partial charge in [-0.2, -0.15) is 0 Å². The summed E-state index contributed by atoms with van der Waals surface area (Å²) >= 11 is 0. The largest absolute Gasteiger partial charge is 0.490 e. The summed E-state index contributed by atoms with van der Waals surface area (Å²) in [6, 6.07) is 13.9. The molecule has 19 heavy (non-hydrogen) atoms. The van der Waals surface area contributed by atoms with Crippen molar-refractivity contribution >= 4 is 21.8 Å². The minimum Gasteiger partial charge on any atom is -0.490 e. The van der Waals surface area contributed by atoms with E-state index in [1.54, 1.807) is 0 Å². The van der Waals surface area contributed by atoms with E-state index in [9.17, 15) is 5.11 Å². The number of aromatic nitrogens is 1. The number of para-hydroxylation sites is 1. The average Bonchev–Trinajstić information content (AvgIpc) is 2.83. The van der Waals surface area contributed by atoms with Crippen molar-refractivity contribution in [3.8, 4) is 5.75 Å². The molecule has 4 N–H and O–H groups in total. The maximum Gasteiger partial charge on any atom is 0.129 e. The van der Waals surface area contributed by atoms with Gasteiger partial charge < -0.3 is 20.6 Å². The fourth-order valence-corrected chi connectivity index (χ4v) is 2.24. The molecule has 0 spiro atoms. The normalized spacial score (nSPS) is 12.9. The van der Waals surface area contributed by atoms with Crippen molar-refractivity contribution in [2.24, 2.45) is 5.73 Å². The standard InChI is InChI=1S/C15H16N2O2/c16-8-10(18)9-19-14-7-3-6-13-15(14)11-4-1-2-5-12(11)17-13/h1-7,10,17-18H,8-9,16H2/t10-/m1/s1. The topological polar surface area (TPSA) is 71.3 Å². The number of hydrogen-bond acceptors (Lipinski definition) is 3. The van der Waals surface area contributed by atoms with Crippen molar-refractivity contribution in [2.45, 2.75) is 6.10 Å². The Kier molecular flexibility index (Phi) is 3.11. The molecule has 1 atom stereocenters. The lowest BCUT2D eigenvalue weighted by Crippen LogP contribution is -2.26. The smallest absolute Gasteiger partial charge is 0.129 e. The Hall–Kier alpha value is -2.04. The predicted octanol–water partition coefficient (Wildman–Crippen LogP) is 2.02. The predicted molar refractivity (Wildman–Crippen MR) is 76.4 cm³/mol. The monoisotopic (exact) mass is 256 g/mol. The number of benzene rings is 2. The van der Waals surface area contributed by atoms with Gasteiger partial charge in [0, 0.05) is 22.8 Å². The van der Waals surface area contributed by atoms with E-state index in [0.717, 1.165) is 27.6 Å². The van der Waals surface area contributed by atoms with Gasteiger partial charge in [-0.15, -0.1) is 0 Å². The molecule has 1 aromatic heterocycles. The van der Waals surface area contributed by atoms with Gasteiger partial charge in [0.15, 0.2) is 0 Å². The van der Waals surface area contributed by atoms with Gasteiger partial charge in [-0.25, -0.2) is 0 Å². The van der Waals surface area contributed by atoms with Crippen LogP contribution in [0, 0.1) is 0 Å². The highest BCUT2D eigenvalue weighted by atomic mass is 16.5. The van der Waals surface area contributed by atoms with Gasteiger partial charge in [-0.1, -0.05) is 24.3 Å². The lowest BCUT2D eigenvalue weighted by atomic mass is 10.1. The Labute approximate surface area is 110 Å². The Balaban J connectivity index is 2.08. The molecule has 0 unspecified atom stereocenters. The number of aliphatic hydroxyl groups is 1. The molecule has 0 saturated heterocycles. The second-order valence-electron chi connectivity index (χ2n) is 4.55. The quantitative estimate of drug-likeness (QED) is 0.668. The summed E-state index contributed by atoms with van der Waals surface area (Å²) in [7, 11) is 0. The lowest BCUT2D eigenvalue weighted by Gasteiger charge is -2.11. The molecule has 0 saturated carbocycles. The zero-order chi connectivity index (χ0) is 13.2. The van der Waals surface area contributed by atoms with E-state index < -0.39 is 6.10 Å². The molecule has 1 heterocycles. The van der Waals surface area contributed by atoms with Crippen LogP contribution in [0.2, 0.25) is 0 Å².